The van der Waals surface area contributed by atoms with E-state index in [1.807, 2.05) is 0 Å². The highest BCUT2D eigenvalue weighted by molar-refractivity contribution is 9.10. The Morgan fingerprint density at radius 1 is 1.33 bits per heavy atom. The molecule has 1 aromatic heterocycles. The maximum atomic E-state index is 13.6. The van der Waals surface area contributed by atoms with Crippen molar-refractivity contribution in [3.63, 3.8) is 0 Å². The van der Waals surface area contributed by atoms with Crippen LogP contribution in [0.25, 0.3) is 11.0 Å². The Balaban J connectivity index is 2.21. The molecule has 21 heavy (non-hydrogen) atoms. The second-order valence-corrected chi connectivity index (χ2v) is 6.16. The molecule has 1 aromatic carbocycles. The van der Waals surface area contributed by atoms with Crippen LogP contribution in [0.4, 0.5) is 4.39 Å². The molecule has 0 N–H and O–H groups in total. The van der Waals surface area contributed by atoms with Gasteiger partial charge in [0.05, 0.1) is 15.5 Å². The van der Waals surface area contributed by atoms with Crippen LogP contribution in [0.3, 0.4) is 0 Å². The fraction of sp³-hybridized carbons (Fsp3) is 0.533. The number of nitrogens with zero attached hydrogens (tertiary/aromatic N) is 2. The highest BCUT2D eigenvalue weighted by Gasteiger charge is 2.13. The van der Waals surface area contributed by atoms with E-state index in [1.54, 1.807) is 13.2 Å². The summed E-state index contributed by atoms with van der Waals surface area (Å²) in [5, 5.41) is 0. The lowest BCUT2D eigenvalue weighted by atomic mass is 10.2. The maximum absolute atomic E-state index is 13.6. The van der Waals surface area contributed by atoms with Gasteiger partial charge in [-0.2, -0.15) is 0 Å². The summed E-state index contributed by atoms with van der Waals surface area (Å²) >= 11 is 9.09. The fourth-order valence-electron chi connectivity index (χ4n) is 2.39. The summed E-state index contributed by atoms with van der Waals surface area (Å²) in [7, 11) is 1.72. The van der Waals surface area contributed by atoms with E-state index in [4.69, 9.17) is 16.3 Å². The minimum atomic E-state index is -0.287. The molecule has 116 valence electrons. The first-order valence-electron chi connectivity index (χ1n) is 7.06. The predicted octanol–water partition coefficient (Wildman–Crippen LogP) is 4.54. The Kier molecular flexibility index (Phi) is 6.45. The van der Waals surface area contributed by atoms with E-state index in [-0.39, 0.29) is 5.82 Å². The van der Waals surface area contributed by atoms with Gasteiger partial charge in [-0.1, -0.05) is 0 Å². The molecule has 2 rings (SSSR count). The van der Waals surface area contributed by atoms with E-state index in [2.05, 4.69) is 25.5 Å². The molecule has 0 saturated heterocycles. The maximum Gasteiger partial charge on any atom is 0.139 e. The Bertz CT molecular complexity index is 603. The van der Waals surface area contributed by atoms with Crippen molar-refractivity contribution in [1.82, 2.24) is 9.55 Å². The lowest BCUT2D eigenvalue weighted by Crippen LogP contribution is -2.05. The second-order valence-electron chi connectivity index (χ2n) is 4.93. The average molecular weight is 378 g/mol. The van der Waals surface area contributed by atoms with E-state index in [0.717, 1.165) is 43.8 Å². The summed E-state index contributed by atoms with van der Waals surface area (Å²) in [5.41, 5.74) is 1.64. The van der Waals surface area contributed by atoms with Crippen molar-refractivity contribution >= 4 is 38.6 Å². The fourth-order valence-corrected chi connectivity index (χ4v) is 2.89. The molecule has 0 bridgehead atoms. The summed E-state index contributed by atoms with van der Waals surface area (Å²) in [6.07, 6.45) is 3.87. The van der Waals surface area contributed by atoms with Crippen molar-refractivity contribution < 1.29 is 9.13 Å². The van der Waals surface area contributed by atoms with Gasteiger partial charge >= 0.3 is 0 Å². The summed E-state index contributed by atoms with van der Waals surface area (Å²) < 4.78 is 21.3. The van der Waals surface area contributed by atoms with Crippen molar-refractivity contribution in [2.24, 2.45) is 0 Å². The quantitative estimate of drug-likeness (QED) is 0.499. The first-order chi connectivity index (χ1) is 10.2. The molecule has 0 aliphatic carbocycles. The molecule has 1 heterocycles. The van der Waals surface area contributed by atoms with Gasteiger partial charge in [0.15, 0.2) is 0 Å². The van der Waals surface area contributed by atoms with Crippen LogP contribution in [0.15, 0.2) is 16.6 Å². The number of imidazole rings is 1. The molecule has 0 aliphatic heterocycles. The Hall–Kier alpha value is -0.650. The minimum absolute atomic E-state index is 0.287. The number of hydrogen-bond donors (Lipinski definition) is 0. The number of methoxy groups -OCH3 is 1. The molecule has 3 nitrogen and oxygen atoms in total. The number of fused-ring (bicyclic) bond motifs is 1. The smallest absolute Gasteiger partial charge is 0.139 e. The number of aromatic nitrogens is 2. The van der Waals surface area contributed by atoms with Crippen LogP contribution in [0.5, 0.6) is 0 Å². The summed E-state index contributed by atoms with van der Waals surface area (Å²) in [6, 6.07) is 3.27. The summed E-state index contributed by atoms with van der Waals surface area (Å²) in [4.78, 5) is 4.51. The number of benzene rings is 1. The first-order valence-corrected chi connectivity index (χ1v) is 8.39. The molecule has 0 aliphatic rings. The van der Waals surface area contributed by atoms with E-state index in [1.165, 1.54) is 6.07 Å². The van der Waals surface area contributed by atoms with Crippen LogP contribution in [0, 0.1) is 5.82 Å². The van der Waals surface area contributed by atoms with Crippen molar-refractivity contribution in [3.05, 3.63) is 28.2 Å². The van der Waals surface area contributed by atoms with E-state index in [0.29, 0.717) is 22.3 Å². The topological polar surface area (TPSA) is 27.1 Å². The lowest BCUT2D eigenvalue weighted by molar-refractivity contribution is 0.191. The van der Waals surface area contributed by atoms with Crippen LogP contribution in [-0.2, 0) is 17.7 Å². The van der Waals surface area contributed by atoms with Gasteiger partial charge in [0.1, 0.15) is 11.6 Å². The standard InChI is InChI=1S/C15H19BrClFN2O/c1-21-8-4-2-3-7-20-14-9-11(16)12(18)10-13(14)19-15(20)5-6-17/h9-10H,2-8H2,1H3. The molecule has 2 aromatic rings. The molecule has 0 saturated carbocycles. The zero-order chi connectivity index (χ0) is 15.2. The lowest BCUT2D eigenvalue weighted by Gasteiger charge is -2.09. The average Bonchev–Trinajstić information content (AvgIpc) is 2.77. The molecule has 0 radical (unpaired) electrons. The zero-order valence-corrected chi connectivity index (χ0v) is 14.4. The highest BCUT2D eigenvalue weighted by Crippen LogP contribution is 2.25. The molecule has 0 atom stereocenters. The van der Waals surface area contributed by atoms with Crippen molar-refractivity contribution in [3.8, 4) is 0 Å². The third-order valence-electron chi connectivity index (χ3n) is 3.42. The molecule has 0 amide bonds. The Morgan fingerprint density at radius 3 is 2.86 bits per heavy atom. The number of hydrogen-bond acceptors (Lipinski definition) is 2. The molecule has 0 spiro atoms. The van der Waals surface area contributed by atoms with Crippen LogP contribution in [-0.4, -0.2) is 29.1 Å². The number of alkyl halides is 1. The largest absolute Gasteiger partial charge is 0.385 e. The third kappa shape index (κ3) is 4.18. The zero-order valence-electron chi connectivity index (χ0n) is 12.0. The van der Waals surface area contributed by atoms with Gasteiger partial charge in [-0.25, -0.2) is 9.37 Å². The van der Waals surface area contributed by atoms with Crippen molar-refractivity contribution in [2.45, 2.75) is 32.2 Å². The highest BCUT2D eigenvalue weighted by atomic mass is 79.9. The Morgan fingerprint density at radius 2 is 2.14 bits per heavy atom. The predicted molar refractivity (Wildman–Crippen MR) is 87.5 cm³/mol. The van der Waals surface area contributed by atoms with Crippen LogP contribution in [0.2, 0.25) is 0 Å². The van der Waals surface area contributed by atoms with Crippen molar-refractivity contribution in [1.29, 1.82) is 0 Å². The van der Waals surface area contributed by atoms with Crippen molar-refractivity contribution in [2.75, 3.05) is 19.6 Å². The minimum Gasteiger partial charge on any atom is -0.385 e. The first kappa shape index (κ1) is 16.7. The molecular formula is C15H19BrClFN2O. The monoisotopic (exact) mass is 376 g/mol. The van der Waals surface area contributed by atoms with Gasteiger partial charge in [-0.3, -0.25) is 0 Å². The van der Waals surface area contributed by atoms with E-state index >= 15 is 0 Å². The van der Waals surface area contributed by atoms with Crippen LogP contribution in [0.1, 0.15) is 25.1 Å². The van der Waals surface area contributed by atoms with Gasteiger partial charge in [0.2, 0.25) is 0 Å². The van der Waals surface area contributed by atoms with Crippen LogP contribution < -0.4 is 0 Å². The van der Waals surface area contributed by atoms with E-state index in [9.17, 15) is 4.39 Å². The molecule has 0 unspecified atom stereocenters. The van der Waals surface area contributed by atoms with E-state index < -0.39 is 0 Å². The van der Waals surface area contributed by atoms with Gasteiger partial charge < -0.3 is 9.30 Å². The number of halogens is 3. The van der Waals surface area contributed by atoms with Gasteiger partial charge in [-0.05, 0) is 41.3 Å². The van der Waals surface area contributed by atoms with Gasteiger partial charge in [-0.15, -0.1) is 11.6 Å². The molecular weight excluding hydrogens is 359 g/mol. The summed E-state index contributed by atoms with van der Waals surface area (Å²) in [5.74, 6) is 1.14. The summed E-state index contributed by atoms with van der Waals surface area (Å²) in [6.45, 7) is 1.65. The molecule has 0 fully saturated rings. The normalized spacial score (nSPS) is 11.4. The van der Waals surface area contributed by atoms with Gasteiger partial charge in [0.25, 0.3) is 0 Å². The SMILES string of the molecule is COCCCCCn1c(CCCl)nc2cc(F)c(Br)cc21. The van der Waals surface area contributed by atoms with Crippen LogP contribution >= 0.6 is 27.5 Å². The van der Waals surface area contributed by atoms with Gasteiger partial charge in [0, 0.05) is 38.6 Å². The number of aryl methyl sites for hydroxylation is 2. The number of unbranched alkanes of at least 4 members (excludes halogenated alkanes) is 2. The second kappa shape index (κ2) is 8.11. The number of rotatable bonds is 8. The third-order valence-corrected chi connectivity index (χ3v) is 4.21. The Labute approximate surface area is 137 Å². The number of ether oxygens (including phenoxy) is 1. The molecule has 6 heteroatoms.